The summed E-state index contributed by atoms with van der Waals surface area (Å²) < 4.78 is 13.8. The predicted octanol–water partition coefficient (Wildman–Crippen LogP) is -0.433. The molecule has 0 fully saturated rings. The zero-order valence-corrected chi connectivity index (χ0v) is 10.7. The van der Waals surface area contributed by atoms with E-state index in [0.29, 0.717) is 6.08 Å². The number of methoxy groups -OCH3 is 2. The number of carbonyl (C=O) groups excluding carboxylic acids is 2. The molecule has 2 N–H and O–H groups in total. The molecule has 0 radical (unpaired) electrons. The largest absolute Gasteiger partial charge is 0.502 e. The summed E-state index contributed by atoms with van der Waals surface area (Å²) in [5, 5.41) is 18.6. The number of esters is 2. The van der Waals surface area contributed by atoms with Gasteiger partial charge in [0.2, 0.25) is 11.2 Å². The molecule has 0 atom stereocenters. The summed E-state index contributed by atoms with van der Waals surface area (Å²) in [5.74, 6) is -3.60. The average molecular weight is 284 g/mol. The van der Waals surface area contributed by atoms with Gasteiger partial charge in [-0.2, -0.15) is 0 Å². The Morgan fingerprint density at radius 3 is 2.50 bits per heavy atom. The lowest BCUT2D eigenvalue weighted by molar-refractivity contribution is -0.136. The molecule has 0 aliphatic rings. The van der Waals surface area contributed by atoms with Crippen LogP contribution in [0, 0.1) is 0 Å². The summed E-state index contributed by atoms with van der Waals surface area (Å²) in [5.41, 5.74) is -1.39. The van der Waals surface area contributed by atoms with E-state index in [9.17, 15) is 19.5 Å². The van der Waals surface area contributed by atoms with E-state index in [0.717, 1.165) is 20.3 Å². The SMILES string of the molecule is COC(=O)/C=C(/C(=O)OC)c1oc(CO)cc(=O)c1O. The van der Waals surface area contributed by atoms with Crippen LogP contribution < -0.4 is 5.43 Å². The molecule has 0 saturated heterocycles. The average Bonchev–Trinajstić information content (AvgIpc) is 2.46. The molecular formula is C12H12O8. The van der Waals surface area contributed by atoms with E-state index in [4.69, 9.17) is 9.52 Å². The fourth-order valence-electron chi connectivity index (χ4n) is 1.30. The van der Waals surface area contributed by atoms with Crippen molar-refractivity contribution >= 4 is 17.5 Å². The van der Waals surface area contributed by atoms with E-state index in [2.05, 4.69) is 9.47 Å². The fraction of sp³-hybridized carbons (Fsp3) is 0.250. The minimum atomic E-state index is -1.02. The molecule has 8 heteroatoms. The molecule has 0 aliphatic carbocycles. The van der Waals surface area contributed by atoms with Crippen LogP contribution in [0.2, 0.25) is 0 Å². The summed E-state index contributed by atoms with van der Waals surface area (Å²) in [6, 6.07) is 0.853. The number of hydrogen-bond donors (Lipinski definition) is 2. The van der Waals surface area contributed by atoms with E-state index in [1.54, 1.807) is 0 Å². The first-order chi connectivity index (χ1) is 9.44. The van der Waals surface area contributed by atoms with Gasteiger partial charge < -0.3 is 24.1 Å². The molecule has 0 unspecified atom stereocenters. The molecule has 8 nitrogen and oxygen atoms in total. The normalized spacial score (nSPS) is 11.1. The van der Waals surface area contributed by atoms with Gasteiger partial charge in [-0.3, -0.25) is 4.79 Å². The Balaban J connectivity index is 3.53. The van der Waals surface area contributed by atoms with Crippen molar-refractivity contribution in [2.45, 2.75) is 6.61 Å². The second-order valence-corrected chi connectivity index (χ2v) is 3.49. The van der Waals surface area contributed by atoms with Gasteiger partial charge in [-0.25, -0.2) is 9.59 Å². The maximum Gasteiger partial charge on any atom is 0.342 e. The second-order valence-electron chi connectivity index (χ2n) is 3.49. The fourth-order valence-corrected chi connectivity index (χ4v) is 1.30. The smallest absolute Gasteiger partial charge is 0.342 e. The summed E-state index contributed by atoms with van der Waals surface area (Å²) in [6.45, 7) is -0.630. The van der Waals surface area contributed by atoms with Gasteiger partial charge in [0.05, 0.1) is 14.2 Å². The molecule has 1 heterocycles. The van der Waals surface area contributed by atoms with Crippen LogP contribution in [0.25, 0.3) is 5.57 Å². The molecule has 0 aromatic carbocycles. The van der Waals surface area contributed by atoms with Crippen LogP contribution in [0.4, 0.5) is 0 Å². The molecule has 0 spiro atoms. The van der Waals surface area contributed by atoms with Gasteiger partial charge in [-0.05, 0) is 0 Å². The molecule has 0 aliphatic heterocycles. The Morgan fingerprint density at radius 2 is 2.00 bits per heavy atom. The van der Waals surface area contributed by atoms with Crippen molar-refractivity contribution in [3.8, 4) is 5.75 Å². The molecule has 1 aromatic heterocycles. The Kier molecular flexibility index (Phi) is 5.04. The van der Waals surface area contributed by atoms with Gasteiger partial charge in [-0.15, -0.1) is 0 Å². The van der Waals surface area contributed by atoms with E-state index in [1.165, 1.54) is 0 Å². The molecule has 0 bridgehead atoms. The van der Waals surface area contributed by atoms with Gasteiger partial charge in [0.25, 0.3) is 0 Å². The number of aliphatic hydroxyl groups excluding tert-OH is 1. The first kappa shape index (κ1) is 15.4. The maximum absolute atomic E-state index is 11.6. The first-order valence-corrected chi connectivity index (χ1v) is 5.29. The van der Waals surface area contributed by atoms with Crippen molar-refractivity contribution in [1.82, 2.24) is 0 Å². The van der Waals surface area contributed by atoms with Crippen LogP contribution in [0.5, 0.6) is 5.75 Å². The van der Waals surface area contributed by atoms with Gasteiger partial charge in [-0.1, -0.05) is 0 Å². The van der Waals surface area contributed by atoms with Crippen molar-refractivity contribution < 1.29 is 33.7 Å². The van der Waals surface area contributed by atoms with Crippen molar-refractivity contribution in [3.05, 3.63) is 33.9 Å². The van der Waals surface area contributed by atoms with Crippen molar-refractivity contribution in [2.24, 2.45) is 0 Å². The molecule has 20 heavy (non-hydrogen) atoms. The number of ether oxygens (including phenoxy) is 2. The van der Waals surface area contributed by atoms with Gasteiger partial charge in [0, 0.05) is 12.1 Å². The molecule has 0 saturated carbocycles. The van der Waals surface area contributed by atoms with E-state index in [1.807, 2.05) is 0 Å². The maximum atomic E-state index is 11.6. The summed E-state index contributed by atoms with van der Waals surface area (Å²) >= 11 is 0. The van der Waals surface area contributed by atoms with Crippen LogP contribution in [0.1, 0.15) is 11.5 Å². The predicted molar refractivity (Wildman–Crippen MR) is 64.6 cm³/mol. The first-order valence-electron chi connectivity index (χ1n) is 5.29. The summed E-state index contributed by atoms with van der Waals surface area (Å²) in [7, 11) is 2.12. The summed E-state index contributed by atoms with van der Waals surface area (Å²) in [4.78, 5) is 34.3. The topological polar surface area (TPSA) is 123 Å². The van der Waals surface area contributed by atoms with Crippen molar-refractivity contribution in [3.63, 3.8) is 0 Å². The lowest BCUT2D eigenvalue weighted by Crippen LogP contribution is -2.11. The highest BCUT2D eigenvalue weighted by Crippen LogP contribution is 2.24. The standard InChI is InChI=1S/C12H12O8/c1-18-9(15)4-7(12(17)19-2)11-10(16)8(14)3-6(5-13)20-11/h3-4,13,16H,5H2,1-2H3/b7-4+. The molecule has 108 valence electrons. The van der Waals surface area contributed by atoms with Crippen LogP contribution >= 0.6 is 0 Å². The van der Waals surface area contributed by atoms with Crippen LogP contribution in [0.3, 0.4) is 0 Å². The Hall–Kier alpha value is -2.61. The van der Waals surface area contributed by atoms with E-state index >= 15 is 0 Å². The van der Waals surface area contributed by atoms with Crippen LogP contribution in [-0.4, -0.2) is 36.4 Å². The Morgan fingerprint density at radius 1 is 1.35 bits per heavy atom. The lowest BCUT2D eigenvalue weighted by Gasteiger charge is -2.07. The lowest BCUT2D eigenvalue weighted by atomic mass is 10.1. The second kappa shape index (κ2) is 6.53. The van der Waals surface area contributed by atoms with Crippen molar-refractivity contribution in [1.29, 1.82) is 0 Å². The minimum absolute atomic E-state index is 0.192. The van der Waals surface area contributed by atoms with Crippen LogP contribution in [-0.2, 0) is 25.7 Å². The number of rotatable bonds is 4. The van der Waals surface area contributed by atoms with Gasteiger partial charge in [0.1, 0.15) is 17.9 Å². The molecular weight excluding hydrogens is 272 g/mol. The van der Waals surface area contributed by atoms with Gasteiger partial charge in [0.15, 0.2) is 5.76 Å². The number of aliphatic hydroxyl groups is 1. The highest BCUT2D eigenvalue weighted by Gasteiger charge is 2.23. The highest BCUT2D eigenvalue weighted by atomic mass is 16.5. The van der Waals surface area contributed by atoms with Crippen molar-refractivity contribution in [2.75, 3.05) is 14.2 Å². The number of carbonyl (C=O) groups is 2. The van der Waals surface area contributed by atoms with E-state index in [-0.39, 0.29) is 5.76 Å². The Bertz CT molecular complexity index is 610. The van der Waals surface area contributed by atoms with Gasteiger partial charge >= 0.3 is 11.9 Å². The molecule has 1 aromatic rings. The molecule has 1 rings (SSSR count). The zero-order chi connectivity index (χ0) is 15.3. The summed E-state index contributed by atoms with van der Waals surface area (Å²) in [6.07, 6.45) is 0.699. The Labute approximate surface area is 112 Å². The molecule has 0 amide bonds. The zero-order valence-electron chi connectivity index (χ0n) is 10.7. The number of aromatic hydroxyl groups is 1. The minimum Gasteiger partial charge on any atom is -0.502 e. The highest BCUT2D eigenvalue weighted by molar-refractivity contribution is 6.20. The third kappa shape index (κ3) is 3.23. The third-order valence-electron chi connectivity index (χ3n) is 2.24. The van der Waals surface area contributed by atoms with Crippen LogP contribution in [0.15, 0.2) is 21.4 Å². The third-order valence-corrected chi connectivity index (χ3v) is 2.24. The van der Waals surface area contributed by atoms with E-state index < -0.39 is 41.1 Å². The monoisotopic (exact) mass is 284 g/mol. The number of hydrogen-bond acceptors (Lipinski definition) is 8. The quantitative estimate of drug-likeness (QED) is 0.563.